The molecule has 1 saturated heterocycles. The van der Waals surface area contributed by atoms with Gasteiger partial charge in [-0.25, -0.2) is 0 Å². The molecule has 1 unspecified atom stereocenters. The Labute approximate surface area is 193 Å². The molecular weight excluding hydrogens is 413 g/mol. The molecule has 2 bridgehead atoms. The van der Waals surface area contributed by atoms with Gasteiger partial charge >= 0.3 is 7.12 Å². The second kappa shape index (κ2) is 7.56. The van der Waals surface area contributed by atoms with E-state index in [1.165, 1.54) is 17.5 Å². The largest absolute Gasteiger partial charge is 0.475 e. The third-order valence-corrected chi connectivity index (χ3v) is 16.2. The van der Waals surface area contributed by atoms with Gasteiger partial charge in [-0.15, -0.1) is 0 Å². The molecule has 31 heavy (non-hydrogen) atoms. The van der Waals surface area contributed by atoms with Crippen molar-refractivity contribution in [3.63, 3.8) is 0 Å². The van der Waals surface area contributed by atoms with E-state index in [1.54, 1.807) is 0 Å². The maximum absolute atomic E-state index is 7.05. The summed E-state index contributed by atoms with van der Waals surface area (Å²) in [5.74, 6) is 1.68. The molecule has 0 radical (unpaired) electrons. The minimum Gasteiger partial charge on any atom is -0.404 e. The molecule has 1 aliphatic heterocycles. The van der Waals surface area contributed by atoms with Crippen LogP contribution in [0.2, 0.25) is 39.3 Å². The molecule has 0 N–H and O–H groups in total. The smallest absolute Gasteiger partial charge is 0.404 e. The van der Waals surface area contributed by atoms with Crippen LogP contribution in [0, 0.1) is 24.2 Å². The first kappa shape index (κ1) is 23.7. The van der Waals surface area contributed by atoms with Gasteiger partial charge in [-0.2, -0.15) is 0 Å². The van der Waals surface area contributed by atoms with E-state index in [4.69, 9.17) is 9.31 Å². The predicted molar refractivity (Wildman–Crippen MR) is 137 cm³/mol. The van der Waals surface area contributed by atoms with Crippen molar-refractivity contribution >= 4 is 23.6 Å². The summed E-state index contributed by atoms with van der Waals surface area (Å²) in [5, 5.41) is 0. The van der Waals surface area contributed by atoms with Crippen molar-refractivity contribution in [3.05, 3.63) is 35.4 Å². The highest BCUT2D eigenvalue weighted by Crippen LogP contribution is 2.65. The van der Waals surface area contributed by atoms with Crippen LogP contribution in [0.3, 0.4) is 0 Å². The zero-order valence-corrected chi connectivity index (χ0v) is 23.6. The predicted octanol–water partition coefficient (Wildman–Crippen LogP) is 6.15. The number of rotatable bonds is 6. The number of nitrogens with zero attached hydrogens (tertiary/aromatic N) is 1. The number of hydrogen-bond acceptors (Lipinski definition) is 3. The van der Waals surface area contributed by atoms with Crippen molar-refractivity contribution in [3.8, 4) is 0 Å². The third-order valence-electron chi connectivity index (χ3n) is 8.63. The molecule has 6 heteroatoms. The van der Waals surface area contributed by atoms with Gasteiger partial charge in [-0.1, -0.05) is 83.0 Å². The fourth-order valence-electron chi connectivity index (χ4n) is 7.34. The molecule has 1 heterocycles. The molecule has 3 aliphatic carbocycles. The zero-order chi connectivity index (χ0) is 23.0. The minimum absolute atomic E-state index is 0.134. The molecule has 0 aromatic heterocycles. The average molecular weight is 458 g/mol. The molecule has 0 amide bonds. The average Bonchev–Trinajstić information content (AvgIpc) is 2.97. The van der Waals surface area contributed by atoms with Gasteiger partial charge in [0, 0.05) is 5.94 Å². The fourth-order valence-corrected chi connectivity index (χ4v) is 17.8. The highest BCUT2D eigenvalue weighted by Gasteiger charge is 2.69. The van der Waals surface area contributed by atoms with Gasteiger partial charge in [0.25, 0.3) is 0 Å². The first-order chi connectivity index (χ1) is 14.1. The molecule has 4 aliphatic rings. The van der Waals surface area contributed by atoms with E-state index in [0.717, 1.165) is 18.8 Å². The van der Waals surface area contributed by atoms with Crippen molar-refractivity contribution in [2.45, 2.75) is 104 Å². The van der Waals surface area contributed by atoms with Crippen LogP contribution in [0.4, 0.5) is 0 Å². The van der Waals surface area contributed by atoms with Crippen LogP contribution in [-0.4, -0.2) is 45.5 Å². The standard InChI is InChI=1S/C25H44BNO2Si2/c1-18-11-13-19(14-12-18)15-23(27(30(5,6)7)31(8,9)10)26-28-22-17-20-16-21(24(20,2)3)25(22,4)29-26/h11-14,20-23H,15-17H2,1-10H3/t20?,21-,22+,23-,25-/m0/s1. The van der Waals surface area contributed by atoms with Gasteiger partial charge in [0.05, 0.1) is 11.7 Å². The molecule has 3 saturated carbocycles. The second-order valence-corrected chi connectivity index (χ2v) is 23.4. The lowest BCUT2D eigenvalue weighted by atomic mass is 9.43. The third kappa shape index (κ3) is 4.05. The van der Waals surface area contributed by atoms with Gasteiger partial charge in [0.2, 0.25) is 0 Å². The Kier molecular flexibility index (Phi) is 5.79. The molecule has 0 spiro atoms. The van der Waals surface area contributed by atoms with Crippen molar-refractivity contribution < 1.29 is 9.31 Å². The SMILES string of the molecule is Cc1ccc(C[C@@H](B2O[C@@H]3CC4C[C@@H](C4(C)C)[C@]3(C)O2)N([Si](C)(C)C)[Si](C)(C)C)cc1. The van der Waals surface area contributed by atoms with E-state index in [-0.39, 0.29) is 24.8 Å². The lowest BCUT2D eigenvalue weighted by Crippen LogP contribution is -2.68. The van der Waals surface area contributed by atoms with Gasteiger partial charge in [0.1, 0.15) is 16.5 Å². The first-order valence-electron chi connectivity index (χ1n) is 12.3. The highest BCUT2D eigenvalue weighted by atomic mass is 28.4. The van der Waals surface area contributed by atoms with Gasteiger partial charge in [-0.3, -0.25) is 0 Å². The zero-order valence-electron chi connectivity index (χ0n) is 21.6. The molecule has 172 valence electrons. The Morgan fingerprint density at radius 1 is 1.00 bits per heavy atom. The van der Waals surface area contributed by atoms with Crippen LogP contribution in [0.25, 0.3) is 0 Å². The van der Waals surface area contributed by atoms with Crippen LogP contribution in [-0.2, 0) is 15.7 Å². The van der Waals surface area contributed by atoms with Gasteiger partial charge < -0.3 is 13.5 Å². The van der Waals surface area contributed by atoms with Crippen LogP contribution in [0.1, 0.15) is 44.7 Å². The molecular formula is C25H44BNO2Si2. The van der Waals surface area contributed by atoms with E-state index in [9.17, 15) is 0 Å². The number of aryl methyl sites for hydroxylation is 1. The van der Waals surface area contributed by atoms with Crippen LogP contribution in [0.15, 0.2) is 24.3 Å². The monoisotopic (exact) mass is 457 g/mol. The summed E-state index contributed by atoms with van der Waals surface area (Å²) in [5.41, 5.74) is 2.96. The maximum Gasteiger partial charge on any atom is 0.475 e. The summed E-state index contributed by atoms with van der Waals surface area (Å²) in [6.07, 6.45) is 3.72. The fraction of sp³-hybridized carbons (Fsp3) is 0.760. The number of hydrogen-bond donors (Lipinski definition) is 0. The first-order valence-corrected chi connectivity index (χ1v) is 19.2. The molecule has 3 nitrogen and oxygen atoms in total. The molecule has 4 fully saturated rings. The van der Waals surface area contributed by atoms with Crippen LogP contribution in [0.5, 0.6) is 0 Å². The summed E-state index contributed by atoms with van der Waals surface area (Å²) < 4.78 is 16.8. The van der Waals surface area contributed by atoms with E-state index < -0.39 is 16.5 Å². The topological polar surface area (TPSA) is 21.7 Å². The van der Waals surface area contributed by atoms with Crippen molar-refractivity contribution in [2.75, 3.05) is 0 Å². The summed E-state index contributed by atoms with van der Waals surface area (Å²) in [7, 11) is -3.32. The van der Waals surface area contributed by atoms with E-state index in [0.29, 0.717) is 11.3 Å². The molecule has 5 atom stereocenters. The maximum atomic E-state index is 7.05. The Balaban J connectivity index is 1.68. The Bertz CT molecular complexity index is 802. The molecule has 1 aromatic rings. The summed E-state index contributed by atoms with van der Waals surface area (Å²) in [6.45, 7) is 24.4. The minimum atomic E-state index is -1.59. The van der Waals surface area contributed by atoms with E-state index in [2.05, 4.69) is 95.5 Å². The Morgan fingerprint density at radius 2 is 1.58 bits per heavy atom. The van der Waals surface area contributed by atoms with Crippen LogP contribution >= 0.6 is 0 Å². The van der Waals surface area contributed by atoms with Gasteiger partial charge in [0.15, 0.2) is 0 Å². The van der Waals surface area contributed by atoms with Crippen molar-refractivity contribution in [1.29, 1.82) is 0 Å². The van der Waals surface area contributed by atoms with Crippen LogP contribution < -0.4 is 0 Å². The highest BCUT2D eigenvalue weighted by molar-refractivity contribution is 6.90. The summed E-state index contributed by atoms with van der Waals surface area (Å²) in [6, 6.07) is 9.10. The lowest BCUT2D eigenvalue weighted by Gasteiger charge is -2.64. The quantitative estimate of drug-likeness (QED) is 0.479. The molecule has 5 rings (SSSR count). The normalized spacial score (nSPS) is 33.3. The Hall–Kier alpha value is -0.401. The summed E-state index contributed by atoms with van der Waals surface area (Å²) >= 11 is 0. The molecule has 1 aromatic carbocycles. The second-order valence-electron chi connectivity index (χ2n) is 13.3. The van der Waals surface area contributed by atoms with Crippen molar-refractivity contribution in [1.82, 2.24) is 4.23 Å². The van der Waals surface area contributed by atoms with Gasteiger partial charge in [-0.05, 0) is 55.9 Å². The lowest BCUT2D eigenvalue weighted by molar-refractivity contribution is -0.199. The summed E-state index contributed by atoms with van der Waals surface area (Å²) in [4.78, 5) is 0. The Morgan fingerprint density at radius 3 is 2.10 bits per heavy atom. The van der Waals surface area contributed by atoms with Crippen molar-refractivity contribution in [2.24, 2.45) is 17.3 Å². The van der Waals surface area contributed by atoms with E-state index >= 15 is 0 Å². The number of benzene rings is 1. The van der Waals surface area contributed by atoms with E-state index in [1.807, 2.05) is 0 Å².